The van der Waals surface area contributed by atoms with Crippen LogP contribution >= 0.6 is 0 Å². The highest BCUT2D eigenvalue weighted by molar-refractivity contribution is 6.06. The Morgan fingerprint density at radius 3 is 2.00 bits per heavy atom. The first-order chi connectivity index (χ1) is 25.7. The van der Waals surface area contributed by atoms with Crippen molar-refractivity contribution in [2.45, 2.75) is 37.5 Å². The number of rotatable bonds is 4. The number of anilines is 3. The minimum absolute atomic E-state index is 0.129. The van der Waals surface area contributed by atoms with Gasteiger partial charge in [-0.1, -0.05) is 103 Å². The number of furan rings is 1. The Bertz CT molecular complexity index is 2690. The van der Waals surface area contributed by atoms with E-state index in [0.29, 0.717) is 0 Å². The molecule has 250 valence electrons. The highest BCUT2D eigenvalue weighted by Gasteiger charge is 2.61. The van der Waals surface area contributed by atoms with Gasteiger partial charge in [0.2, 0.25) is 0 Å². The summed E-state index contributed by atoms with van der Waals surface area (Å²) < 4.78 is 6.27. The molecule has 13 rings (SSSR count). The van der Waals surface area contributed by atoms with Crippen molar-refractivity contribution in [3.63, 3.8) is 0 Å². The van der Waals surface area contributed by atoms with Crippen molar-refractivity contribution in [1.82, 2.24) is 0 Å². The maximum atomic E-state index is 6.27. The average Bonchev–Trinajstić information content (AvgIpc) is 3.71. The van der Waals surface area contributed by atoms with Crippen molar-refractivity contribution in [1.29, 1.82) is 0 Å². The Balaban J connectivity index is 1.04. The summed E-state index contributed by atoms with van der Waals surface area (Å²) in [5.74, 6) is 3.32. The van der Waals surface area contributed by atoms with Crippen LogP contribution in [0.2, 0.25) is 0 Å². The fraction of sp³-hybridized carbons (Fsp3) is 0.200. The van der Waals surface area contributed by atoms with Gasteiger partial charge < -0.3 is 9.32 Å². The third kappa shape index (κ3) is 3.96. The molecule has 4 bridgehead atoms. The quantitative estimate of drug-likeness (QED) is 0.185. The molecule has 0 radical (unpaired) electrons. The molecule has 0 aliphatic heterocycles. The number of nitrogens with zero attached hydrogens (tertiary/aromatic N) is 1. The van der Waals surface area contributed by atoms with Crippen LogP contribution < -0.4 is 4.90 Å². The second kappa shape index (κ2) is 10.7. The van der Waals surface area contributed by atoms with Crippen LogP contribution in [0.15, 0.2) is 156 Å². The van der Waals surface area contributed by atoms with Gasteiger partial charge in [0, 0.05) is 33.1 Å². The lowest BCUT2D eigenvalue weighted by Crippen LogP contribution is -2.55. The molecule has 7 aromatic carbocycles. The Morgan fingerprint density at radius 2 is 1.15 bits per heavy atom. The van der Waals surface area contributed by atoms with Gasteiger partial charge in [0.15, 0.2) is 0 Å². The highest BCUT2D eigenvalue weighted by Crippen LogP contribution is 2.70. The summed E-state index contributed by atoms with van der Waals surface area (Å²) in [5.41, 5.74) is 14.0. The molecule has 5 aliphatic rings. The molecule has 52 heavy (non-hydrogen) atoms. The zero-order valence-corrected chi connectivity index (χ0v) is 29.1. The lowest BCUT2D eigenvalue weighted by Gasteiger charge is -2.61. The summed E-state index contributed by atoms with van der Waals surface area (Å²) in [6.07, 6.45) is 7.03. The van der Waals surface area contributed by atoms with Gasteiger partial charge in [-0.15, -0.1) is 0 Å². The minimum atomic E-state index is 0.129. The molecule has 2 heteroatoms. The molecule has 0 unspecified atom stereocenters. The van der Waals surface area contributed by atoms with Crippen LogP contribution in [-0.4, -0.2) is 0 Å². The monoisotopic (exact) mass is 669 g/mol. The molecular formula is C50H39NO. The largest absolute Gasteiger partial charge is 0.456 e. The van der Waals surface area contributed by atoms with E-state index in [1.54, 1.807) is 11.1 Å². The molecule has 4 saturated carbocycles. The van der Waals surface area contributed by atoms with Crippen LogP contribution in [0.5, 0.6) is 0 Å². The third-order valence-electron chi connectivity index (χ3n) is 13.6. The van der Waals surface area contributed by atoms with Crippen LogP contribution in [0.3, 0.4) is 0 Å². The van der Waals surface area contributed by atoms with E-state index in [1.807, 2.05) is 6.07 Å². The minimum Gasteiger partial charge on any atom is -0.456 e. The van der Waals surface area contributed by atoms with E-state index in [-0.39, 0.29) is 5.41 Å². The summed E-state index contributed by atoms with van der Waals surface area (Å²) in [6, 6.07) is 56.6. The van der Waals surface area contributed by atoms with Gasteiger partial charge in [-0.05, 0) is 143 Å². The van der Waals surface area contributed by atoms with Crippen LogP contribution in [0.1, 0.15) is 43.2 Å². The summed E-state index contributed by atoms with van der Waals surface area (Å²) in [4.78, 5) is 2.53. The van der Waals surface area contributed by atoms with Crippen molar-refractivity contribution in [3.05, 3.63) is 163 Å². The van der Waals surface area contributed by atoms with Crippen molar-refractivity contribution < 1.29 is 4.42 Å². The fourth-order valence-corrected chi connectivity index (χ4v) is 11.8. The SMILES string of the molecule is c1ccc2c(c1)-c1c(N(c3ccc(-c4ccc5c(c4)oc4ccccc45)cc3)c3ccc4ccccc4c3)cccc1C21C2CC3CC(C2)CC1C3. The molecule has 1 spiro atoms. The van der Waals surface area contributed by atoms with E-state index in [0.717, 1.165) is 51.2 Å². The van der Waals surface area contributed by atoms with Crippen molar-refractivity contribution >= 4 is 49.8 Å². The first-order valence-electron chi connectivity index (χ1n) is 19.3. The predicted octanol–water partition coefficient (Wildman–Crippen LogP) is 13.6. The zero-order valence-electron chi connectivity index (χ0n) is 29.1. The Kier molecular flexibility index (Phi) is 5.98. The normalized spacial score (nSPS) is 23.8. The Labute approximate surface area is 304 Å². The van der Waals surface area contributed by atoms with Gasteiger partial charge in [-0.3, -0.25) is 0 Å². The summed E-state index contributed by atoms with van der Waals surface area (Å²) in [7, 11) is 0. The molecule has 1 aromatic heterocycles. The predicted molar refractivity (Wildman–Crippen MR) is 215 cm³/mol. The zero-order chi connectivity index (χ0) is 34.0. The van der Waals surface area contributed by atoms with E-state index in [4.69, 9.17) is 4.42 Å². The Hall–Kier alpha value is -5.60. The van der Waals surface area contributed by atoms with E-state index in [2.05, 4.69) is 150 Å². The molecule has 0 atom stereocenters. The smallest absolute Gasteiger partial charge is 0.136 e. The maximum absolute atomic E-state index is 6.27. The third-order valence-corrected chi connectivity index (χ3v) is 13.6. The molecule has 5 aliphatic carbocycles. The summed E-state index contributed by atoms with van der Waals surface area (Å²) >= 11 is 0. The lowest BCUT2D eigenvalue weighted by atomic mass is 9.43. The molecule has 1 heterocycles. The maximum Gasteiger partial charge on any atom is 0.136 e. The van der Waals surface area contributed by atoms with E-state index in [9.17, 15) is 0 Å². The van der Waals surface area contributed by atoms with Gasteiger partial charge in [0.1, 0.15) is 11.2 Å². The highest BCUT2D eigenvalue weighted by atomic mass is 16.3. The second-order valence-corrected chi connectivity index (χ2v) is 16.1. The first kappa shape index (κ1) is 29.0. The molecule has 2 nitrogen and oxygen atoms in total. The molecule has 0 N–H and O–H groups in total. The van der Waals surface area contributed by atoms with Crippen LogP contribution in [-0.2, 0) is 5.41 Å². The van der Waals surface area contributed by atoms with E-state index < -0.39 is 0 Å². The van der Waals surface area contributed by atoms with Crippen LogP contribution in [0.4, 0.5) is 17.1 Å². The lowest BCUT2D eigenvalue weighted by molar-refractivity contribution is -0.0399. The molecule has 8 aromatic rings. The average molecular weight is 670 g/mol. The van der Waals surface area contributed by atoms with Crippen LogP contribution in [0.25, 0.3) is 55.0 Å². The van der Waals surface area contributed by atoms with Crippen molar-refractivity contribution in [3.8, 4) is 22.3 Å². The van der Waals surface area contributed by atoms with Gasteiger partial charge >= 0.3 is 0 Å². The van der Waals surface area contributed by atoms with Gasteiger partial charge in [-0.25, -0.2) is 0 Å². The topological polar surface area (TPSA) is 16.4 Å². The number of fused-ring (bicyclic) bond motifs is 7. The van der Waals surface area contributed by atoms with Crippen LogP contribution in [0, 0.1) is 23.7 Å². The number of para-hydroxylation sites is 1. The molecular weight excluding hydrogens is 631 g/mol. The number of hydrogen-bond donors (Lipinski definition) is 0. The van der Waals surface area contributed by atoms with Gasteiger partial charge in [0.25, 0.3) is 0 Å². The fourth-order valence-electron chi connectivity index (χ4n) is 11.8. The van der Waals surface area contributed by atoms with Crippen molar-refractivity contribution in [2.75, 3.05) is 4.90 Å². The first-order valence-corrected chi connectivity index (χ1v) is 19.3. The number of hydrogen-bond acceptors (Lipinski definition) is 2. The van der Waals surface area contributed by atoms with E-state index in [1.165, 1.54) is 76.6 Å². The van der Waals surface area contributed by atoms with E-state index >= 15 is 0 Å². The van der Waals surface area contributed by atoms with Gasteiger partial charge in [0.05, 0.1) is 5.69 Å². The molecule has 4 fully saturated rings. The standard InChI is InChI=1S/C50H39NO/c1-2-9-35-29-40(22-18-33(35)8-1)51(39-20-16-34(17-21-39)36-19-23-42-41-10-4-6-15-47(41)52-48(42)30-36)46-14-7-13-45-49(46)43-11-3-5-12-44(43)50(45)37-25-31-24-32(27-37)28-38(50)26-31/h1-23,29-32,37-38H,24-28H2. The summed E-state index contributed by atoms with van der Waals surface area (Å²) in [5, 5.41) is 4.84. The number of benzene rings is 7. The van der Waals surface area contributed by atoms with Crippen molar-refractivity contribution in [2.24, 2.45) is 23.7 Å². The van der Waals surface area contributed by atoms with Gasteiger partial charge in [-0.2, -0.15) is 0 Å². The second-order valence-electron chi connectivity index (χ2n) is 16.1. The summed E-state index contributed by atoms with van der Waals surface area (Å²) in [6.45, 7) is 0. The molecule has 0 saturated heterocycles. The Morgan fingerprint density at radius 1 is 0.481 bits per heavy atom. The molecule has 0 amide bonds.